The average molecular weight is 337 g/mol. The standard InChI is InChI=1S/C15H19N3O2S2/c1-10-4-3-5-13(11(10)2)16-14-17-18-15(22-14)21-8-12-6-7-19-9-20-12/h3-5,12H,6-9H2,1-2H3,(H,16,17)/t12-/m1/s1. The van der Waals surface area contributed by atoms with Gasteiger partial charge >= 0.3 is 0 Å². The molecule has 7 heteroatoms. The van der Waals surface area contributed by atoms with E-state index in [4.69, 9.17) is 9.47 Å². The van der Waals surface area contributed by atoms with Gasteiger partial charge in [0.15, 0.2) is 4.34 Å². The monoisotopic (exact) mass is 337 g/mol. The van der Waals surface area contributed by atoms with Gasteiger partial charge in [-0.1, -0.05) is 35.2 Å². The van der Waals surface area contributed by atoms with Gasteiger partial charge < -0.3 is 14.8 Å². The number of benzene rings is 1. The summed E-state index contributed by atoms with van der Waals surface area (Å²) in [5.41, 5.74) is 3.59. The number of aromatic nitrogens is 2. The van der Waals surface area contributed by atoms with Gasteiger partial charge in [0.25, 0.3) is 0 Å². The zero-order valence-electron chi connectivity index (χ0n) is 12.7. The fraction of sp³-hybridized carbons (Fsp3) is 0.467. The molecule has 2 heterocycles. The molecule has 3 rings (SSSR count). The van der Waals surface area contributed by atoms with Crippen LogP contribution in [0, 0.1) is 13.8 Å². The molecular formula is C15H19N3O2S2. The predicted octanol–water partition coefficient (Wildman–Crippen LogP) is 3.75. The van der Waals surface area contributed by atoms with Crippen LogP contribution in [0.4, 0.5) is 10.8 Å². The summed E-state index contributed by atoms with van der Waals surface area (Å²) in [5, 5.41) is 12.6. The third-order valence-corrected chi connectivity index (χ3v) is 5.72. The summed E-state index contributed by atoms with van der Waals surface area (Å²) in [6.07, 6.45) is 1.19. The molecule has 22 heavy (non-hydrogen) atoms. The molecule has 0 bridgehead atoms. The summed E-state index contributed by atoms with van der Waals surface area (Å²) in [7, 11) is 0. The Morgan fingerprint density at radius 1 is 1.36 bits per heavy atom. The van der Waals surface area contributed by atoms with Crippen molar-refractivity contribution in [1.29, 1.82) is 0 Å². The molecule has 1 aromatic heterocycles. The first-order valence-corrected chi connectivity index (χ1v) is 9.01. The Bertz CT molecular complexity index is 627. The zero-order valence-corrected chi connectivity index (χ0v) is 14.3. The lowest BCUT2D eigenvalue weighted by Crippen LogP contribution is -2.25. The maximum absolute atomic E-state index is 5.53. The Morgan fingerprint density at radius 2 is 2.27 bits per heavy atom. The third-order valence-electron chi connectivity index (χ3n) is 3.62. The van der Waals surface area contributed by atoms with E-state index in [1.54, 1.807) is 23.1 Å². The molecule has 0 aliphatic carbocycles. The largest absolute Gasteiger partial charge is 0.355 e. The van der Waals surface area contributed by atoms with E-state index in [2.05, 4.69) is 41.5 Å². The second kappa shape index (κ2) is 7.41. The van der Waals surface area contributed by atoms with Gasteiger partial charge in [-0.3, -0.25) is 0 Å². The number of hydrogen-bond donors (Lipinski definition) is 1. The molecule has 5 nitrogen and oxygen atoms in total. The lowest BCUT2D eigenvalue weighted by atomic mass is 10.1. The van der Waals surface area contributed by atoms with Crippen molar-refractivity contribution in [2.45, 2.75) is 30.7 Å². The molecule has 1 aromatic carbocycles. The molecule has 118 valence electrons. The number of rotatable bonds is 5. The lowest BCUT2D eigenvalue weighted by Gasteiger charge is -2.21. The van der Waals surface area contributed by atoms with E-state index in [0.29, 0.717) is 6.79 Å². The van der Waals surface area contributed by atoms with Gasteiger partial charge in [-0.15, -0.1) is 10.2 Å². The van der Waals surface area contributed by atoms with Crippen LogP contribution in [0.3, 0.4) is 0 Å². The van der Waals surface area contributed by atoms with Crippen molar-refractivity contribution in [2.75, 3.05) is 24.5 Å². The van der Waals surface area contributed by atoms with Crippen molar-refractivity contribution in [3.8, 4) is 0 Å². The topological polar surface area (TPSA) is 56.3 Å². The van der Waals surface area contributed by atoms with Gasteiger partial charge in [0, 0.05) is 11.4 Å². The van der Waals surface area contributed by atoms with Crippen molar-refractivity contribution >= 4 is 33.9 Å². The predicted molar refractivity (Wildman–Crippen MR) is 90.1 cm³/mol. The number of aryl methyl sites for hydroxylation is 1. The van der Waals surface area contributed by atoms with E-state index in [0.717, 1.165) is 33.9 Å². The number of nitrogens with zero attached hydrogens (tertiary/aromatic N) is 2. The minimum absolute atomic E-state index is 0.248. The Kier molecular flexibility index (Phi) is 5.30. The molecule has 0 unspecified atom stereocenters. The van der Waals surface area contributed by atoms with E-state index in [1.165, 1.54) is 11.1 Å². The first-order chi connectivity index (χ1) is 10.7. The number of nitrogens with one attached hydrogen (secondary N) is 1. The van der Waals surface area contributed by atoms with Crippen molar-refractivity contribution in [2.24, 2.45) is 0 Å². The van der Waals surface area contributed by atoms with E-state index >= 15 is 0 Å². The van der Waals surface area contributed by atoms with Crippen LogP contribution in [0.15, 0.2) is 22.5 Å². The molecule has 0 amide bonds. The SMILES string of the molecule is Cc1cccc(Nc2nnc(SC[C@H]3CCOCO3)s2)c1C. The molecule has 2 aromatic rings. The Labute approximate surface area is 138 Å². The Balaban J connectivity index is 1.57. The van der Waals surface area contributed by atoms with Gasteiger partial charge in [0.05, 0.1) is 12.7 Å². The zero-order chi connectivity index (χ0) is 15.4. The van der Waals surface area contributed by atoms with Gasteiger partial charge in [-0.2, -0.15) is 0 Å². The first-order valence-electron chi connectivity index (χ1n) is 7.21. The van der Waals surface area contributed by atoms with Crippen molar-refractivity contribution in [3.63, 3.8) is 0 Å². The molecule has 1 aliphatic heterocycles. The normalized spacial score (nSPS) is 18.4. The lowest BCUT2D eigenvalue weighted by molar-refractivity contribution is -0.130. The molecule has 1 atom stereocenters. The summed E-state index contributed by atoms with van der Waals surface area (Å²) in [5.74, 6) is 0.890. The van der Waals surface area contributed by atoms with Crippen molar-refractivity contribution in [3.05, 3.63) is 29.3 Å². The smallest absolute Gasteiger partial charge is 0.210 e. The summed E-state index contributed by atoms with van der Waals surface area (Å²) >= 11 is 3.26. The summed E-state index contributed by atoms with van der Waals surface area (Å²) in [6, 6.07) is 6.21. The van der Waals surface area contributed by atoms with Gasteiger partial charge in [-0.25, -0.2) is 0 Å². The van der Waals surface area contributed by atoms with Crippen LogP contribution < -0.4 is 5.32 Å². The highest BCUT2D eigenvalue weighted by Crippen LogP contribution is 2.30. The molecule has 0 radical (unpaired) electrons. The second-order valence-electron chi connectivity index (χ2n) is 5.16. The number of ether oxygens (including phenoxy) is 2. The van der Waals surface area contributed by atoms with Crippen LogP contribution in [-0.4, -0.2) is 35.5 Å². The molecule has 0 saturated carbocycles. The van der Waals surface area contributed by atoms with Crippen LogP contribution in [-0.2, 0) is 9.47 Å². The van der Waals surface area contributed by atoms with Crippen LogP contribution in [0.5, 0.6) is 0 Å². The van der Waals surface area contributed by atoms with E-state index in [9.17, 15) is 0 Å². The fourth-order valence-electron chi connectivity index (χ4n) is 2.12. The van der Waals surface area contributed by atoms with Crippen molar-refractivity contribution < 1.29 is 9.47 Å². The van der Waals surface area contributed by atoms with Crippen LogP contribution in [0.1, 0.15) is 17.5 Å². The fourth-order valence-corrected chi connectivity index (χ4v) is 3.97. The molecule has 1 saturated heterocycles. The summed E-state index contributed by atoms with van der Waals surface area (Å²) < 4.78 is 11.7. The summed E-state index contributed by atoms with van der Waals surface area (Å²) in [6.45, 7) is 5.40. The van der Waals surface area contributed by atoms with Gasteiger partial charge in [-0.05, 0) is 37.5 Å². The van der Waals surface area contributed by atoms with Crippen molar-refractivity contribution in [1.82, 2.24) is 10.2 Å². The maximum Gasteiger partial charge on any atom is 0.210 e. The molecule has 1 N–H and O–H groups in total. The molecule has 0 spiro atoms. The second-order valence-corrected chi connectivity index (χ2v) is 7.40. The Morgan fingerprint density at radius 3 is 3.09 bits per heavy atom. The highest BCUT2D eigenvalue weighted by atomic mass is 32.2. The van der Waals surface area contributed by atoms with E-state index in [-0.39, 0.29) is 6.10 Å². The first kappa shape index (κ1) is 15.7. The van der Waals surface area contributed by atoms with Gasteiger partial charge in [0.2, 0.25) is 5.13 Å². The number of thioether (sulfide) groups is 1. The molecule has 1 aliphatic rings. The van der Waals surface area contributed by atoms with E-state index < -0.39 is 0 Å². The molecular weight excluding hydrogens is 318 g/mol. The van der Waals surface area contributed by atoms with Gasteiger partial charge in [0.1, 0.15) is 6.79 Å². The van der Waals surface area contributed by atoms with Crippen LogP contribution in [0.25, 0.3) is 0 Å². The van der Waals surface area contributed by atoms with E-state index in [1.807, 2.05) is 6.07 Å². The molecule has 1 fully saturated rings. The quantitative estimate of drug-likeness (QED) is 0.839. The number of anilines is 2. The minimum Gasteiger partial charge on any atom is -0.355 e. The highest BCUT2D eigenvalue weighted by Gasteiger charge is 2.16. The average Bonchev–Trinajstić information content (AvgIpc) is 2.98. The maximum atomic E-state index is 5.53. The number of hydrogen-bond acceptors (Lipinski definition) is 7. The highest BCUT2D eigenvalue weighted by molar-refractivity contribution is 8.01. The van der Waals surface area contributed by atoms with Crippen LogP contribution in [0.2, 0.25) is 0 Å². The minimum atomic E-state index is 0.248. The third kappa shape index (κ3) is 3.98. The van der Waals surface area contributed by atoms with Crippen LogP contribution >= 0.6 is 23.1 Å². The Hall–Kier alpha value is -1.15. The summed E-state index contributed by atoms with van der Waals surface area (Å²) in [4.78, 5) is 0.